The predicted molar refractivity (Wildman–Crippen MR) is 78.6 cm³/mol. The molecule has 0 aromatic rings. The summed E-state index contributed by atoms with van der Waals surface area (Å²) in [5.41, 5.74) is -0.154. The molecular weight excluding hydrogens is 254 g/mol. The quantitative estimate of drug-likeness (QED) is 0.788. The van der Waals surface area contributed by atoms with Gasteiger partial charge in [0.25, 0.3) is 0 Å². The van der Waals surface area contributed by atoms with Crippen molar-refractivity contribution in [3.63, 3.8) is 0 Å². The Hall–Kier alpha value is -0.610. The Balaban J connectivity index is 1.98. The molecule has 0 aromatic heterocycles. The molecule has 1 saturated heterocycles. The molecule has 4 heteroatoms. The van der Waals surface area contributed by atoms with Crippen LogP contribution in [-0.2, 0) is 14.3 Å². The average Bonchev–Trinajstić information content (AvgIpc) is 2.91. The van der Waals surface area contributed by atoms with Crippen LogP contribution in [0.25, 0.3) is 0 Å². The molecule has 0 spiro atoms. The Morgan fingerprint density at radius 1 is 1.30 bits per heavy atom. The van der Waals surface area contributed by atoms with E-state index in [4.69, 9.17) is 9.47 Å². The van der Waals surface area contributed by atoms with Gasteiger partial charge in [0.2, 0.25) is 0 Å². The van der Waals surface area contributed by atoms with E-state index in [0.717, 1.165) is 51.7 Å². The van der Waals surface area contributed by atoms with Gasteiger partial charge in [0.05, 0.1) is 12.7 Å². The van der Waals surface area contributed by atoms with Crippen molar-refractivity contribution in [1.29, 1.82) is 0 Å². The van der Waals surface area contributed by atoms with E-state index in [9.17, 15) is 4.79 Å². The fourth-order valence-corrected chi connectivity index (χ4v) is 3.19. The SMILES string of the molecule is CCOC(=O)C1(NCC2CCCO2)CCC(C)(C)CC1. The maximum Gasteiger partial charge on any atom is 0.326 e. The van der Waals surface area contributed by atoms with Crippen LogP contribution in [0.5, 0.6) is 0 Å². The van der Waals surface area contributed by atoms with Gasteiger partial charge in [0, 0.05) is 13.2 Å². The highest BCUT2D eigenvalue weighted by Gasteiger charge is 2.45. The standard InChI is InChI=1S/C16H29NO3/c1-4-19-14(18)16(9-7-15(2,3)8-10-16)17-12-13-6-5-11-20-13/h13,17H,4-12H2,1-3H3. The van der Waals surface area contributed by atoms with Crippen molar-refractivity contribution in [1.82, 2.24) is 5.32 Å². The highest BCUT2D eigenvalue weighted by Crippen LogP contribution is 2.40. The summed E-state index contributed by atoms with van der Waals surface area (Å²) in [6, 6.07) is 0. The highest BCUT2D eigenvalue weighted by molar-refractivity contribution is 5.81. The molecule has 2 aliphatic rings. The predicted octanol–water partition coefficient (Wildman–Crippen LogP) is 2.66. The van der Waals surface area contributed by atoms with E-state index < -0.39 is 5.54 Å². The van der Waals surface area contributed by atoms with Crippen molar-refractivity contribution in [2.45, 2.75) is 70.9 Å². The zero-order chi connectivity index (χ0) is 14.6. The van der Waals surface area contributed by atoms with Crippen molar-refractivity contribution in [3.05, 3.63) is 0 Å². The number of esters is 1. The maximum atomic E-state index is 12.4. The lowest BCUT2D eigenvalue weighted by atomic mass is 9.69. The normalized spacial score (nSPS) is 28.2. The van der Waals surface area contributed by atoms with Crippen LogP contribution in [0.3, 0.4) is 0 Å². The molecule has 0 amide bonds. The van der Waals surface area contributed by atoms with E-state index in [-0.39, 0.29) is 12.1 Å². The van der Waals surface area contributed by atoms with Gasteiger partial charge in [0.15, 0.2) is 0 Å². The third-order valence-electron chi connectivity index (χ3n) is 4.82. The van der Waals surface area contributed by atoms with Gasteiger partial charge >= 0.3 is 5.97 Å². The number of hydrogen-bond donors (Lipinski definition) is 1. The average molecular weight is 283 g/mol. The maximum absolute atomic E-state index is 12.4. The van der Waals surface area contributed by atoms with Crippen molar-refractivity contribution in [3.8, 4) is 0 Å². The molecule has 20 heavy (non-hydrogen) atoms. The molecule has 1 atom stereocenters. The first-order valence-electron chi connectivity index (χ1n) is 8.01. The summed E-state index contributed by atoms with van der Waals surface area (Å²) in [6.07, 6.45) is 6.34. The van der Waals surface area contributed by atoms with Crippen LogP contribution >= 0.6 is 0 Å². The van der Waals surface area contributed by atoms with Crippen molar-refractivity contribution in [2.75, 3.05) is 19.8 Å². The largest absolute Gasteiger partial charge is 0.465 e. The van der Waals surface area contributed by atoms with Crippen LogP contribution in [0.1, 0.15) is 59.3 Å². The summed E-state index contributed by atoms with van der Waals surface area (Å²) in [4.78, 5) is 12.4. The van der Waals surface area contributed by atoms with Gasteiger partial charge < -0.3 is 9.47 Å². The summed E-state index contributed by atoms with van der Waals surface area (Å²) < 4.78 is 11.0. The summed E-state index contributed by atoms with van der Waals surface area (Å²) in [6.45, 7) is 8.50. The molecule has 1 saturated carbocycles. The molecule has 0 radical (unpaired) electrons. The fourth-order valence-electron chi connectivity index (χ4n) is 3.19. The number of carbonyl (C=O) groups excluding carboxylic acids is 1. The van der Waals surface area contributed by atoms with E-state index in [1.54, 1.807) is 0 Å². The summed E-state index contributed by atoms with van der Waals surface area (Å²) >= 11 is 0. The molecule has 0 aromatic carbocycles. The molecule has 1 N–H and O–H groups in total. The van der Waals surface area contributed by atoms with Crippen molar-refractivity contribution >= 4 is 5.97 Å². The summed E-state index contributed by atoms with van der Waals surface area (Å²) in [7, 11) is 0. The lowest BCUT2D eigenvalue weighted by Crippen LogP contribution is -2.57. The van der Waals surface area contributed by atoms with Gasteiger partial charge in [-0.05, 0) is 50.9 Å². The van der Waals surface area contributed by atoms with Crippen molar-refractivity contribution < 1.29 is 14.3 Å². The molecule has 1 unspecified atom stereocenters. The third-order valence-corrected chi connectivity index (χ3v) is 4.82. The molecule has 2 fully saturated rings. The number of rotatable bonds is 5. The van der Waals surface area contributed by atoms with Crippen LogP contribution in [-0.4, -0.2) is 37.4 Å². The Morgan fingerprint density at radius 2 is 2.00 bits per heavy atom. The molecule has 116 valence electrons. The first-order valence-corrected chi connectivity index (χ1v) is 8.01. The molecule has 1 aliphatic carbocycles. The van der Waals surface area contributed by atoms with Gasteiger partial charge in [-0.25, -0.2) is 0 Å². The summed E-state index contributed by atoms with van der Waals surface area (Å²) in [5, 5.41) is 3.50. The minimum atomic E-state index is -0.489. The van der Waals surface area contributed by atoms with Crippen molar-refractivity contribution in [2.24, 2.45) is 5.41 Å². The Kier molecular flexibility index (Phi) is 5.08. The molecule has 1 aliphatic heterocycles. The van der Waals surface area contributed by atoms with Gasteiger partial charge in [-0.15, -0.1) is 0 Å². The van der Waals surface area contributed by atoms with Crippen LogP contribution in [0, 0.1) is 5.41 Å². The minimum absolute atomic E-state index is 0.0755. The van der Waals surface area contributed by atoms with Crippen LogP contribution in [0.2, 0.25) is 0 Å². The van der Waals surface area contributed by atoms with Gasteiger partial charge in [-0.2, -0.15) is 0 Å². The van der Waals surface area contributed by atoms with Crippen LogP contribution in [0.15, 0.2) is 0 Å². The fraction of sp³-hybridized carbons (Fsp3) is 0.938. The molecule has 0 bridgehead atoms. The van der Waals surface area contributed by atoms with E-state index in [1.807, 2.05) is 6.92 Å². The highest BCUT2D eigenvalue weighted by atomic mass is 16.5. The zero-order valence-electron chi connectivity index (χ0n) is 13.2. The van der Waals surface area contributed by atoms with E-state index >= 15 is 0 Å². The second-order valence-electron chi connectivity index (χ2n) is 6.98. The first-order chi connectivity index (χ1) is 9.47. The smallest absolute Gasteiger partial charge is 0.326 e. The molecule has 2 rings (SSSR count). The second kappa shape index (κ2) is 6.44. The molecular formula is C16H29NO3. The molecule has 1 heterocycles. The van der Waals surface area contributed by atoms with E-state index in [0.29, 0.717) is 12.0 Å². The van der Waals surface area contributed by atoms with E-state index in [2.05, 4.69) is 19.2 Å². The number of carbonyl (C=O) groups is 1. The molecule has 4 nitrogen and oxygen atoms in total. The second-order valence-corrected chi connectivity index (χ2v) is 6.98. The zero-order valence-corrected chi connectivity index (χ0v) is 13.2. The van der Waals surface area contributed by atoms with Crippen LogP contribution in [0.4, 0.5) is 0 Å². The monoisotopic (exact) mass is 283 g/mol. The first kappa shape index (κ1) is 15.8. The van der Waals surface area contributed by atoms with Gasteiger partial charge in [0.1, 0.15) is 5.54 Å². The number of nitrogens with one attached hydrogen (secondary N) is 1. The minimum Gasteiger partial charge on any atom is -0.465 e. The van der Waals surface area contributed by atoms with Gasteiger partial charge in [-0.1, -0.05) is 13.8 Å². The lowest BCUT2D eigenvalue weighted by Gasteiger charge is -2.42. The van der Waals surface area contributed by atoms with Crippen LogP contribution < -0.4 is 5.32 Å². The Morgan fingerprint density at radius 3 is 2.55 bits per heavy atom. The summed E-state index contributed by atoms with van der Waals surface area (Å²) in [5.74, 6) is -0.0755. The lowest BCUT2D eigenvalue weighted by molar-refractivity contribution is -0.154. The number of ether oxygens (including phenoxy) is 2. The van der Waals surface area contributed by atoms with E-state index in [1.165, 1.54) is 0 Å². The topological polar surface area (TPSA) is 47.6 Å². The third kappa shape index (κ3) is 3.73. The van der Waals surface area contributed by atoms with Gasteiger partial charge in [-0.3, -0.25) is 10.1 Å². The Bertz CT molecular complexity index is 325. The Labute approximate surface area is 122 Å². The number of hydrogen-bond acceptors (Lipinski definition) is 4.